The van der Waals surface area contributed by atoms with Gasteiger partial charge in [-0.2, -0.15) is 0 Å². The van der Waals surface area contributed by atoms with Crippen LogP contribution in [0.5, 0.6) is 0 Å². The van der Waals surface area contributed by atoms with Gasteiger partial charge in [0.2, 0.25) is 0 Å². The molecule has 0 aliphatic rings. The first kappa shape index (κ1) is 10.6. The zero-order valence-corrected chi connectivity index (χ0v) is 9.11. The fourth-order valence-corrected chi connectivity index (χ4v) is 1.65. The minimum atomic E-state index is 0.541. The Morgan fingerprint density at radius 3 is 2.62 bits per heavy atom. The van der Waals surface area contributed by atoms with Gasteiger partial charge in [0.25, 0.3) is 0 Å². The number of anilines is 1. The molecule has 0 unspecified atom stereocenters. The zero-order valence-electron chi connectivity index (χ0n) is 8.35. The van der Waals surface area contributed by atoms with E-state index in [1.54, 1.807) is 30.3 Å². The number of nitrogens with zero attached hydrogens (tertiary/aromatic N) is 1. The van der Waals surface area contributed by atoms with E-state index in [0.717, 1.165) is 17.5 Å². The van der Waals surface area contributed by atoms with E-state index in [-0.39, 0.29) is 0 Å². The van der Waals surface area contributed by atoms with Gasteiger partial charge >= 0.3 is 0 Å². The fraction of sp³-hybridized carbons (Fsp3) is 0. The minimum Gasteiger partial charge on any atom is -0.399 e. The number of rotatable bonds is 2. The predicted octanol–water partition coefficient (Wildman–Crippen LogP) is 2.80. The normalized spacial score (nSPS) is 10.1. The molecule has 1 aromatic carbocycles. The highest BCUT2D eigenvalue weighted by molar-refractivity contribution is 6.31. The molecule has 0 aliphatic carbocycles. The molecule has 16 heavy (non-hydrogen) atoms. The molecule has 2 rings (SSSR count). The molecule has 3 nitrogen and oxygen atoms in total. The number of halogens is 1. The lowest BCUT2D eigenvalue weighted by Crippen LogP contribution is -1.89. The van der Waals surface area contributed by atoms with Gasteiger partial charge in [-0.05, 0) is 30.3 Å². The van der Waals surface area contributed by atoms with Gasteiger partial charge in [0.05, 0.1) is 5.69 Å². The van der Waals surface area contributed by atoms with Crippen molar-refractivity contribution in [1.29, 1.82) is 0 Å². The van der Waals surface area contributed by atoms with Gasteiger partial charge < -0.3 is 5.73 Å². The van der Waals surface area contributed by atoms with Crippen molar-refractivity contribution >= 4 is 23.6 Å². The Balaban J connectivity index is 2.45. The molecule has 0 fully saturated rings. The molecule has 2 aromatic rings. The third kappa shape index (κ3) is 2.20. The summed E-state index contributed by atoms with van der Waals surface area (Å²) in [5, 5.41) is 0.566. The number of hydrogen-bond donors (Lipinski definition) is 1. The van der Waals surface area contributed by atoms with Crippen molar-refractivity contribution in [2.45, 2.75) is 0 Å². The van der Waals surface area contributed by atoms with Gasteiger partial charge in [0, 0.05) is 28.0 Å². The maximum Gasteiger partial charge on any atom is 0.151 e. The summed E-state index contributed by atoms with van der Waals surface area (Å²) in [4.78, 5) is 14.6. The van der Waals surface area contributed by atoms with E-state index in [2.05, 4.69) is 4.98 Å². The van der Waals surface area contributed by atoms with Gasteiger partial charge in [-0.15, -0.1) is 0 Å². The second kappa shape index (κ2) is 4.33. The average Bonchev–Trinajstić information content (AvgIpc) is 2.28. The summed E-state index contributed by atoms with van der Waals surface area (Å²) < 4.78 is 0. The number of carbonyl (C=O) groups excluding carboxylic acids is 1. The Morgan fingerprint density at radius 1 is 1.25 bits per heavy atom. The Kier molecular flexibility index (Phi) is 2.88. The van der Waals surface area contributed by atoms with E-state index in [1.807, 2.05) is 0 Å². The van der Waals surface area contributed by atoms with Gasteiger partial charge in [0.1, 0.15) is 0 Å². The van der Waals surface area contributed by atoms with Crippen molar-refractivity contribution in [3.05, 3.63) is 47.1 Å². The first-order valence-corrected chi connectivity index (χ1v) is 5.04. The van der Waals surface area contributed by atoms with Crippen LogP contribution >= 0.6 is 11.6 Å². The van der Waals surface area contributed by atoms with Crippen LogP contribution in [0.3, 0.4) is 0 Å². The van der Waals surface area contributed by atoms with E-state index < -0.39 is 0 Å². The van der Waals surface area contributed by atoms with E-state index in [4.69, 9.17) is 17.3 Å². The smallest absolute Gasteiger partial charge is 0.151 e. The van der Waals surface area contributed by atoms with Crippen LogP contribution < -0.4 is 5.73 Å². The van der Waals surface area contributed by atoms with Crippen molar-refractivity contribution in [1.82, 2.24) is 4.98 Å². The molecule has 1 aromatic heterocycles. The summed E-state index contributed by atoms with van der Waals surface area (Å²) in [5.41, 5.74) is 8.38. The maximum absolute atomic E-state index is 10.5. The van der Waals surface area contributed by atoms with Crippen LogP contribution in [0.4, 0.5) is 5.69 Å². The van der Waals surface area contributed by atoms with Crippen molar-refractivity contribution in [2.75, 3.05) is 5.73 Å². The van der Waals surface area contributed by atoms with Crippen molar-refractivity contribution in [3.8, 4) is 11.3 Å². The summed E-state index contributed by atoms with van der Waals surface area (Å²) >= 11 is 5.89. The Labute approximate surface area is 97.9 Å². The molecule has 0 saturated carbocycles. The number of aromatic nitrogens is 1. The Bertz CT molecular complexity index is 503. The largest absolute Gasteiger partial charge is 0.399 e. The number of pyridine rings is 1. The summed E-state index contributed by atoms with van der Waals surface area (Å²) in [6.07, 6.45) is 2.27. The number of carbonyl (C=O) groups is 1. The van der Waals surface area contributed by atoms with Crippen LogP contribution in [0.2, 0.25) is 5.02 Å². The van der Waals surface area contributed by atoms with Crippen LogP contribution in [0.1, 0.15) is 10.4 Å². The third-order valence-electron chi connectivity index (χ3n) is 2.14. The van der Waals surface area contributed by atoms with E-state index >= 15 is 0 Å². The van der Waals surface area contributed by atoms with E-state index in [1.165, 1.54) is 6.20 Å². The number of hydrogen-bond acceptors (Lipinski definition) is 3. The van der Waals surface area contributed by atoms with Crippen LogP contribution in [0.15, 0.2) is 36.5 Å². The number of nitrogen functional groups attached to an aromatic ring is 1. The van der Waals surface area contributed by atoms with Gasteiger partial charge in [0.15, 0.2) is 6.29 Å². The van der Waals surface area contributed by atoms with Crippen molar-refractivity contribution < 1.29 is 4.79 Å². The van der Waals surface area contributed by atoms with Gasteiger partial charge in [-0.1, -0.05) is 11.6 Å². The molecule has 0 atom stereocenters. The first-order valence-electron chi connectivity index (χ1n) is 4.67. The molecule has 1 heterocycles. The van der Waals surface area contributed by atoms with E-state index in [0.29, 0.717) is 16.3 Å². The number of nitrogens with two attached hydrogens (primary N) is 1. The van der Waals surface area contributed by atoms with Crippen molar-refractivity contribution in [3.63, 3.8) is 0 Å². The first-order chi connectivity index (χ1) is 7.69. The van der Waals surface area contributed by atoms with Crippen LogP contribution in [-0.4, -0.2) is 11.3 Å². The Hall–Kier alpha value is -1.87. The molecule has 2 N–H and O–H groups in total. The highest BCUT2D eigenvalue weighted by Crippen LogP contribution is 2.24. The number of benzene rings is 1. The molecule has 4 heteroatoms. The lowest BCUT2D eigenvalue weighted by Gasteiger charge is -2.03. The lowest BCUT2D eigenvalue weighted by molar-refractivity contribution is 0.112. The summed E-state index contributed by atoms with van der Waals surface area (Å²) in [7, 11) is 0. The standard InChI is InChI=1S/C12H9ClN2O/c13-10-3-9(4-11(14)5-10)12-2-1-8(7-16)6-15-12/h1-7H,14H2. The minimum absolute atomic E-state index is 0.541. The summed E-state index contributed by atoms with van der Waals surface area (Å²) in [5.74, 6) is 0. The second-order valence-electron chi connectivity index (χ2n) is 3.37. The maximum atomic E-state index is 10.5. The molecule has 0 saturated heterocycles. The zero-order chi connectivity index (χ0) is 11.5. The van der Waals surface area contributed by atoms with Crippen LogP contribution in [-0.2, 0) is 0 Å². The predicted molar refractivity (Wildman–Crippen MR) is 64.5 cm³/mol. The molecule has 0 aliphatic heterocycles. The molecule has 80 valence electrons. The molecule has 0 amide bonds. The average molecular weight is 233 g/mol. The number of aldehydes is 1. The highest BCUT2D eigenvalue weighted by Gasteiger charge is 2.02. The molecular weight excluding hydrogens is 224 g/mol. The Morgan fingerprint density at radius 2 is 2.06 bits per heavy atom. The quantitative estimate of drug-likeness (QED) is 0.640. The molecule has 0 bridgehead atoms. The summed E-state index contributed by atoms with van der Waals surface area (Å²) in [6.45, 7) is 0. The monoisotopic (exact) mass is 232 g/mol. The van der Waals surface area contributed by atoms with Gasteiger partial charge in [-0.25, -0.2) is 0 Å². The molecule has 0 spiro atoms. The summed E-state index contributed by atoms with van der Waals surface area (Å²) in [6, 6.07) is 8.70. The second-order valence-corrected chi connectivity index (χ2v) is 3.80. The molecule has 0 radical (unpaired) electrons. The molecular formula is C12H9ClN2O. The van der Waals surface area contributed by atoms with Crippen molar-refractivity contribution in [2.24, 2.45) is 0 Å². The van der Waals surface area contributed by atoms with E-state index in [9.17, 15) is 4.79 Å². The van der Waals surface area contributed by atoms with Crippen LogP contribution in [0, 0.1) is 0 Å². The SMILES string of the molecule is Nc1cc(Cl)cc(-c2ccc(C=O)cn2)c1. The highest BCUT2D eigenvalue weighted by atomic mass is 35.5. The van der Waals surface area contributed by atoms with Gasteiger partial charge in [-0.3, -0.25) is 9.78 Å². The fourth-order valence-electron chi connectivity index (χ4n) is 1.41. The third-order valence-corrected chi connectivity index (χ3v) is 2.36. The van der Waals surface area contributed by atoms with Crippen LogP contribution in [0.25, 0.3) is 11.3 Å². The lowest BCUT2D eigenvalue weighted by atomic mass is 10.1. The topological polar surface area (TPSA) is 56.0 Å².